The lowest BCUT2D eigenvalue weighted by Gasteiger charge is -2.13. The first-order valence-electron chi connectivity index (χ1n) is 6.74. The molecule has 104 valence electrons. The van der Waals surface area contributed by atoms with Gasteiger partial charge >= 0.3 is 5.97 Å². The van der Waals surface area contributed by atoms with Crippen molar-refractivity contribution in [2.75, 3.05) is 13.7 Å². The van der Waals surface area contributed by atoms with Crippen LogP contribution < -0.4 is 10.5 Å². The van der Waals surface area contributed by atoms with Crippen LogP contribution >= 0.6 is 0 Å². The number of nitrogens with two attached hydrogens (primary N) is 1. The third-order valence-electron chi connectivity index (χ3n) is 3.54. The van der Waals surface area contributed by atoms with E-state index in [1.165, 1.54) is 11.1 Å². The summed E-state index contributed by atoms with van der Waals surface area (Å²) >= 11 is 0. The molecule has 1 unspecified atom stereocenters. The van der Waals surface area contributed by atoms with Crippen LogP contribution in [0.25, 0.3) is 0 Å². The van der Waals surface area contributed by atoms with Gasteiger partial charge in [0.2, 0.25) is 0 Å². The lowest BCUT2D eigenvalue weighted by Crippen LogP contribution is -2.19. The Balaban J connectivity index is 2.18. The summed E-state index contributed by atoms with van der Waals surface area (Å²) in [5.74, 6) is 0.682. The summed E-state index contributed by atoms with van der Waals surface area (Å²) in [5, 5.41) is 0. The zero-order valence-corrected chi connectivity index (χ0v) is 11.6. The van der Waals surface area contributed by atoms with Gasteiger partial charge in [-0.3, -0.25) is 4.79 Å². The van der Waals surface area contributed by atoms with Gasteiger partial charge in [0.15, 0.2) is 0 Å². The minimum absolute atomic E-state index is 0.163. The van der Waals surface area contributed by atoms with E-state index in [0.29, 0.717) is 19.4 Å². The van der Waals surface area contributed by atoms with Gasteiger partial charge in [-0.1, -0.05) is 6.07 Å². The van der Waals surface area contributed by atoms with Crippen molar-refractivity contribution in [3.8, 4) is 5.75 Å². The summed E-state index contributed by atoms with van der Waals surface area (Å²) in [6.07, 6.45) is 2.81. The van der Waals surface area contributed by atoms with E-state index in [2.05, 4.69) is 6.07 Å². The van der Waals surface area contributed by atoms with E-state index in [1.54, 1.807) is 7.11 Å². The highest BCUT2D eigenvalue weighted by Gasteiger charge is 2.23. The second kappa shape index (κ2) is 6.06. The number of esters is 1. The molecule has 0 saturated carbocycles. The van der Waals surface area contributed by atoms with Crippen LogP contribution in [0.2, 0.25) is 0 Å². The number of rotatable bonds is 5. The van der Waals surface area contributed by atoms with Gasteiger partial charge < -0.3 is 15.2 Å². The second-order valence-electron chi connectivity index (χ2n) is 4.86. The van der Waals surface area contributed by atoms with Gasteiger partial charge in [0.05, 0.1) is 13.7 Å². The van der Waals surface area contributed by atoms with E-state index in [0.717, 1.165) is 24.2 Å². The van der Waals surface area contributed by atoms with E-state index in [-0.39, 0.29) is 12.0 Å². The van der Waals surface area contributed by atoms with Crippen molar-refractivity contribution in [1.29, 1.82) is 0 Å². The standard InChI is InChI=1S/C15H21NO3/c1-3-19-15(17)7-5-12-13-9-11(16)8-10(13)4-6-14(12)18-2/h4,6,11H,3,5,7-9,16H2,1-2H3. The van der Waals surface area contributed by atoms with Crippen LogP contribution in [0.3, 0.4) is 0 Å². The van der Waals surface area contributed by atoms with Crippen LogP contribution in [0.5, 0.6) is 5.75 Å². The van der Waals surface area contributed by atoms with Crippen LogP contribution in [0.15, 0.2) is 12.1 Å². The van der Waals surface area contributed by atoms with Crippen LogP contribution in [0, 0.1) is 0 Å². The molecule has 2 rings (SSSR count). The molecule has 0 amide bonds. The summed E-state index contributed by atoms with van der Waals surface area (Å²) in [7, 11) is 1.66. The summed E-state index contributed by atoms with van der Waals surface area (Å²) in [4.78, 5) is 11.5. The molecule has 4 nitrogen and oxygen atoms in total. The van der Waals surface area contributed by atoms with Gasteiger partial charge in [-0.25, -0.2) is 0 Å². The number of hydrogen-bond donors (Lipinski definition) is 1. The van der Waals surface area contributed by atoms with Crippen molar-refractivity contribution in [3.63, 3.8) is 0 Å². The first-order valence-corrected chi connectivity index (χ1v) is 6.74. The number of carbonyl (C=O) groups excluding carboxylic acids is 1. The predicted octanol–water partition coefficient (Wildman–Crippen LogP) is 1.62. The Morgan fingerprint density at radius 3 is 2.89 bits per heavy atom. The average Bonchev–Trinajstić information content (AvgIpc) is 2.76. The molecular formula is C15H21NO3. The Bertz CT molecular complexity index is 471. The topological polar surface area (TPSA) is 61.5 Å². The fourth-order valence-electron chi connectivity index (χ4n) is 2.71. The number of fused-ring (bicyclic) bond motifs is 1. The Kier molecular flexibility index (Phi) is 4.43. The van der Waals surface area contributed by atoms with E-state index in [1.807, 2.05) is 13.0 Å². The van der Waals surface area contributed by atoms with Gasteiger partial charge in [0, 0.05) is 12.5 Å². The lowest BCUT2D eigenvalue weighted by atomic mass is 9.98. The fraction of sp³-hybridized carbons (Fsp3) is 0.533. The van der Waals surface area contributed by atoms with E-state index in [9.17, 15) is 4.79 Å². The minimum atomic E-state index is -0.163. The van der Waals surface area contributed by atoms with Crippen LogP contribution in [-0.2, 0) is 28.8 Å². The zero-order chi connectivity index (χ0) is 13.8. The van der Waals surface area contributed by atoms with Crippen LogP contribution in [0.4, 0.5) is 0 Å². The van der Waals surface area contributed by atoms with Crippen LogP contribution in [-0.4, -0.2) is 25.7 Å². The van der Waals surface area contributed by atoms with Gasteiger partial charge in [-0.2, -0.15) is 0 Å². The summed E-state index contributed by atoms with van der Waals surface area (Å²) in [5.41, 5.74) is 9.67. The molecular weight excluding hydrogens is 242 g/mol. The van der Waals surface area contributed by atoms with Crippen molar-refractivity contribution >= 4 is 5.97 Å². The van der Waals surface area contributed by atoms with Crippen LogP contribution in [0.1, 0.15) is 30.0 Å². The van der Waals surface area contributed by atoms with Gasteiger partial charge in [-0.05, 0) is 48.9 Å². The first kappa shape index (κ1) is 13.9. The van der Waals surface area contributed by atoms with Gasteiger partial charge in [0.25, 0.3) is 0 Å². The van der Waals surface area contributed by atoms with E-state index in [4.69, 9.17) is 15.2 Å². The molecule has 19 heavy (non-hydrogen) atoms. The summed E-state index contributed by atoms with van der Waals surface area (Å²) < 4.78 is 10.4. The highest BCUT2D eigenvalue weighted by molar-refractivity contribution is 5.70. The zero-order valence-electron chi connectivity index (χ0n) is 11.6. The average molecular weight is 263 g/mol. The van der Waals surface area contributed by atoms with Crippen molar-refractivity contribution in [2.45, 2.75) is 38.6 Å². The fourth-order valence-corrected chi connectivity index (χ4v) is 2.71. The molecule has 1 aliphatic rings. The maximum absolute atomic E-state index is 11.5. The molecule has 1 aliphatic carbocycles. The number of benzene rings is 1. The Hall–Kier alpha value is -1.55. The lowest BCUT2D eigenvalue weighted by molar-refractivity contribution is -0.143. The SMILES string of the molecule is CCOC(=O)CCc1c(OC)ccc2c1CC(N)C2. The Morgan fingerprint density at radius 1 is 1.42 bits per heavy atom. The first-order chi connectivity index (χ1) is 9.15. The molecule has 2 N–H and O–H groups in total. The maximum Gasteiger partial charge on any atom is 0.306 e. The molecule has 1 aromatic carbocycles. The number of hydrogen-bond acceptors (Lipinski definition) is 4. The summed E-state index contributed by atoms with van der Waals surface area (Å²) in [6.45, 7) is 2.24. The molecule has 0 aromatic heterocycles. The maximum atomic E-state index is 11.5. The van der Waals surface area contributed by atoms with Crippen molar-refractivity contribution < 1.29 is 14.3 Å². The van der Waals surface area contributed by atoms with Crippen molar-refractivity contribution in [2.24, 2.45) is 5.73 Å². The molecule has 0 spiro atoms. The van der Waals surface area contributed by atoms with Gasteiger partial charge in [-0.15, -0.1) is 0 Å². The molecule has 1 aromatic rings. The largest absolute Gasteiger partial charge is 0.496 e. The third kappa shape index (κ3) is 3.07. The monoisotopic (exact) mass is 263 g/mol. The van der Waals surface area contributed by atoms with Gasteiger partial charge in [0.1, 0.15) is 5.75 Å². The molecule has 1 atom stereocenters. The molecule has 0 bridgehead atoms. The number of methoxy groups -OCH3 is 1. The predicted molar refractivity (Wildman–Crippen MR) is 73.3 cm³/mol. The Morgan fingerprint density at radius 2 is 2.21 bits per heavy atom. The van der Waals surface area contributed by atoms with E-state index >= 15 is 0 Å². The second-order valence-corrected chi connectivity index (χ2v) is 4.86. The Labute approximate surface area is 113 Å². The molecule has 0 heterocycles. The number of carbonyl (C=O) groups is 1. The number of ether oxygens (including phenoxy) is 2. The minimum Gasteiger partial charge on any atom is -0.496 e. The molecule has 0 fully saturated rings. The quantitative estimate of drug-likeness (QED) is 0.820. The third-order valence-corrected chi connectivity index (χ3v) is 3.54. The van der Waals surface area contributed by atoms with Crippen molar-refractivity contribution in [1.82, 2.24) is 0 Å². The summed E-state index contributed by atoms with van der Waals surface area (Å²) in [6, 6.07) is 4.23. The molecule has 0 aliphatic heterocycles. The smallest absolute Gasteiger partial charge is 0.306 e. The normalized spacial score (nSPS) is 17.1. The van der Waals surface area contributed by atoms with Crippen molar-refractivity contribution in [3.05, 3.63) is 28.8 Å². The molecule has 0 radical (unpaired) electrons. The highest BCUT2D eigenvalue weighted by Crippen LogP contribution is 2.32. The van der Waals surface area contributed by atoms with E-state index < -0.39 is 0 Å². The highest BCUT2D eigenvalue weighted by atomic mass is 16.5. The molecule has 0 saturated heterocycles. The molecule has 4 heteroatoms.